The number of nitrogens with zero attached hydrogens (tertiary/aromatic N) is 2. The molecule has 18 heavy (non-hydrogen) atoms. The lowest BCUT2D eigenvalue weighted by atomic mass is 10.1. The molecular formula is C13H11N3O2. The van der Waals surface area contributed by atoms with Crippen LogP contribution in [0.2, 0.25) is 0 Å². The van der Waals surface area contributed by atoms with Crippen molar-refractivity contribution >= 4 is 11.6 Å². The van der Waals surface area contributed by atoms with Gasteiger partial charge < -0.3 is 10.5 Å². The molecule has 2 N–H and O–H groups in total. The summed E-state index contributed by atoms with van der Waals surface area (Å²) in [6.45, 7) is 0. The summed E-state index contributed by atoms with van der Waals surface area (Å²) in [4.78, 5) is 14.8. The molecular weight excluding hydrogens is 230 g/mol. The van der Waals surface area contributed by atoms with Gasteiger partial charge in [0.2, 0.25) is 5.90 Å². The van der Waals surface area contributed by atoms with Crippen molar-refractivity contribution in [3.05, 3.63) is 58.3 Å². The number of nitrogens with two attached hydrogens (primary N) is 1. The molecule has 0 saturated heterocycles. The van der Waals surface area contributed by atoms with Crippen LogP contribution in [0, 0.1) is 4.91 Å². The van der Waals surface area contributed by atoms with Gasteiger partial charge in [-0.05, 0) is 41.6 Å². The number of benzene rings is 1. The highest BCUT2D eigenvalue weighted by Crippen LogP contribution is 2.28. The summed E-state index contributed by atoms with van der Waals surface area (Å²) in [5.41, 5.74) is 7.78. The third-order valence-electron chi connectivity index (χ3n) is 2.93. The Labute approximate surface area is 104 Å². The molecule has 1 aliphatic heterocycles. The van der Waals surface area contributed by atoms with Crippen LogP contribution in [0.1, 0.15) is 12.0 Å². The lowest BCUT2D eigenvalue weighted by Crippen LogP contribution is -2.13. The second kappa shape index (κ2) is 4.10. The van der Waals surface area contributed by atoms with Crippen molar-refractivity contribution in [2.45, 2.75) is 12.5 Å². The van der Waals surface area contributed by atoms with Gasteiger partial charge in [-0.25, -0.2) is 4.99 Å². The van der Waals surface area contributed by atoms with Gasteiger partial charge in [-0.2, -0.15) is 0 Å². The Bertz CT molecular complexity index is 585. The topological polar surface area (TPSA) is 77.0 Å². The van der Waals surface area contributed by atoms with Crippen LogP contribution in [0.25, 0.3) is 0 Å². The van der Waals surface area contributed by atoms with Crippen LogP contribution in [-0.2, 0) is 4.74 Å². The van der Waals surface area contributed by atoms with Gasteiger partial charge in [0.05, 0.1) is 0 Å². The Morgan fingerprint density at radius 1 is 1.28 bits per heavy atom. The fourth-order valence-corrected chi connectivity index (χ4v) is 1.98. The number of rotatable bonds is 2. The first-order chi connectivity index (χ1) is 8.76. The third-order valence-corrected chi connectivity index (χ3v) is 2.93. The monoisotopic (exact) mass is 241 g/mol. The van der Waals surface area contributed by atoms with Crippen LogP contribution < -0.4 is 5.73 Å². The van der Waals surface area contributed by atoms with Gasteiger partial charge in [0.25, 0.3) is 0 Å². The Balaban J connectivity index is 1.87. The maximum atomic E-state index is 10.3. The molecule has 1 aliphatic carbocycles. The average molecular weight is 241 g/mol. The normalized spacial score (nSPS) is 21.3. The zero-order chi connectivity index (χ0) is 12.5. The summed E-state index contributed by atoms with van der Waals surface area (Å²) in [6.07, 6.45) is 4.37. The minimum Gasteiger partial charge on any atom is -0.441 e. The molecule has 0 radical (unpaired) electrons. The summed E-state index contributed by atoms with van der Waals surface area (Å²) >= 11 is 0. The Morgan fingerprint density at radius 3 is 2.78 bits per heavy atom. The van der Waals surface area contributed by atoms with E-state index in [4.69, 9.17) is 10.5 Å². The van der Waals surface area contributed by atoms with Crippen LogP contribution in [0.15, 0.2) is 58.0 Å². The summed E-state index contributed by atoms with van der Waals surface area (Å²) in [5, 5.41) is 2.85. The number of ether oxygens (including phenoxy) is 1. The molecule has 0 bridgehead atoms. The Morgan fingerprint density at radius 2 is 2.06 bits per heavy atom. The van der Waals surface area contributed by atoms with E-state index < -0.39 is 0 Å². The fraction of sp³-hybridized carbons (Fsp3) is 0.154. The second-order valence-electron chi connectivity index (χ2n) is 4.21. The van der Waals surface area contributed by atoms with Gasteiger partial charge in [0.1, 0.15) is 17.5 Å². The van der Waals surface area contributed by atoms with Crippen molar-refractivity contribution in [2.75, 3.05) is 0 Å². The predicted octanol–water partition coefficient (Wildman–Crippen LogP) is 2.36. The van der Waals surface area contributed by atoms with Crippen molar-refractivity contribution < 1.29 is 4.74 Å². The molecule has 0 spiro atoms. The van der Waals surface area contributed by atoms with Crippen LogP contribution in [0.3, 0.4) is 0 Å². The minimum atomic E-state index is -0.0196. The van der Waals surface area contributed by atoms with Crippen LogP contribution in [0.4, 0.5) is 5.69 Å². The molecule has 0 saturated carbocycles. The maximum absolute atomic E-state index is 10.3. The van der Waals surface area contributed by atoms with Gasteiger partial charge >= 0.3 is 0 Å². The first-order valence-electron chi connectivity index (χ1n) is 5.62. The Hall–Kier alpha value is -2.43. The first-order valence-corrected chi connectivity index (χ1v) is 5.62. The van der Waals surface area contributed by atoms with Gasteiger partial charge in [0, 0.05) is 17.7 Å². The molecule has 1 aromatic rings. The van der Waals surface area contributed by atoms with Crippen molar-refractivity contribution in [2.24, 2.45) is 15.9 Å². The zero-order valence-electron chi connectivity index (χ0n) is 9.54. The van der Waals surface area contributed by atoms with E-state index in [0.717, 1.165) is 17.0 Å². The van der Waals surface area contributed by atoms with E-state index in [9.17, 15) is 4.91 Å². The minimum absolute atomic E-state index is 0.0196. The predicted molar refractivity (Wildman–Crippen MR) is 68.3 cm³/mol. The molecule has 2 aliphatic rings. The maximum Gasteiger partial charge on any atom is 0.222 e. The van der Waals surface area contributed by atoms with Crippen LogP contribution >= 0.6 is 0 Å². The molecule has 1 unspecified atom stereocenters. The zero-order valence-corrected chi connectivity index (χ0v) is 9.54. The summed E-state index contributed by atoms with van der Waals surface area (Å²) < 4.78 is 5.68. The second-order valence-corrected chi connectivity index (χ2v) is 4.21. The van der Waals surface area contributed by atoms with E-state index in [1.807, 2.05) is 12.2 Å². The number of hydrogen-bond acceptors (Lipinski definition) is 5. The molecule has 1 aromatic carbocycles. The number of hydrogen-bond donors (Lipinski definition) is 1. The van der Waals surface area contributed by atoms with Crippen molar-refractivity contribution in [1.82, 2.24) is 0 Å². The molecule has 3 rings (SSSR count). The SMILES string of the molecule is NC1=CC=C2OC(c3ccc(N=O)cc3)=NC2C1. The van der Waals surface area contributed by atoms with Crippen molar-refractivity contribution in [3.8, 4) is 0 Å². The first kappa shape index (κ1) is 10.7. The molecule has 5 heteroatoms. The van der Waals surface area contributed by atoms with Crippen LogP contribution in [-0.4, -0.2) is 11.9 Å². The fourth-order valence-electron chi connectivity index (χ4n) is 1.98. The summed E-state index contributed by atoms with van der Waals surface area (Å²) in [7, 11) is 0. The smallest absolute Gasteiger partial charge is 0.222 e. The number of aliphatic imine (C=N–C) groups is 1. The van der Waals surface area contributed by atoms with Gasteiger partial charge in [-0.3, -0.25) is 0 Å². The highest BCUT2D eigenvalue weighted by atomic mass is 16.5. The Kier molecular flexibility index (Phi) is 2.44. The van der Waals surface area contributed by atoms with E-state index in [-0.39, 0.29) is 6.04 Å². The quantitative estimate of drug-likeness (QED) is 0.807. The van der Waals surface area contributed by atoms with E-state index >= 15 is 0 Å². The number of nitroso groups, excluding NO2 is 1. The number of fused-ring (bicyclic) bond motifs is 1. The van der Waals surface area contributed by atoms with E-state index in [0.29, 0.717) is 18.0 Å². The van der Waals surface area contributed by atoms with Crippen molar-refractivity contribution in [1.29, 1.82) is 0 Å². The lowest BCUT2D eigenvalue weighted by Gasteiger charge is -2.11. The largest absolute Gasteiger partial charge is 0.441 e. The summed E-state index contributed by atoms with van der Waals surface area (Å²) in [5.74, 6) is 1.38. The number of allylic oxidation sites excluding steroid dienone is 2. The van der Waals surface area contributed by atoms with E-state index in [1.165, 1.54) is 0 Å². The standard InChI is InChI=1S/C13H11N3O2/c14-9-3-6-12-11(7-9)15-13(18-12)8-1-4-10(16-17)5-2-8/h1-6,11H,7,14H2. The molecule has 5 nitrogen and oxygen atoms in total. The van der Waals surface area contributed by atoms with Gasteiger partial charge in [0.15, 0.2) is 0 Å². The third kappa shape index (κ3) is 1.79. The molecule has 0 fully saturated rings. The van der Waals surface area contributed by atoms with Gasteiger partial charge in [-0.15, -0.1) is 4.91 Å². The molecule has 0 aromatic heterocycles. The highest BCUT2D eigenvalue weighted by Gasteiger charge is 2.28. The lowest BCUT2D eigenvalue weighted by molar-refractivity contribution is 0.411. The molecule has 1 heterocycles. The van der Waals surface area contributed by atoms with Gasteiger partial charge in [-0.1, -0.05) is 0 Å². The van der Waals surface area contributed by atoms with Crippen LogP contribution in [0.5, 0.6) is 0 Å². The summed E-state index contributed by atoms with van der Waals surface area (Å²) in [6, 6.07) is 6.79. The molecule has 0 amide bonds. The van der Waals surface area contributed by atoms with E-state index in [1.54, 1.807) is 24.3 Å². The molecule has 90 valence electrons. The van der Waals surface area contributed by atoms with E-state index in [2.05, 4.69) is 10.2 Å². The molecule has 1 atom stereocenters. The van der Waals surface area contributed by atoms with Crippen molar-refractivity contribution in [3.63, 3.8) is 0 Å². The highest BCUT2D eigenvalue weighted by molar-refractivity contribution is 5.96. The average Bonchev–Trinajstić information content (AvgIpc) is 2.81.